The van der Waals surface area contributed by atoms with Gasteiger partial charge in [0.15, 0.2) is 0 Å². The van der Waals surface area contributed by atoms with Crippen LogP contribution in [-0.2, 0) is 13.9 Å². The molecule has 0 fully saturated rings. The topological polar surface area (TPSA) is 96.3 Å². The lowest BCUT2D eigenvalue weighted by Gasteiger charge is -2.21. The number of nitroso groups, excluding NO2 is 1. The molecular weight excluding hydrogens is 295 g/mol. The van der Waals surface area contributed by atoms with E-state index in [-0.39, 0.29) is 12.5 Å². The highest BCUT2D eigenvalue weighted by Gasteiger charge is 2.18. The van der Waals surface area contributed by atoms with E-state index in [4.69, 9.17) is 4.89 Å². The first-order valence-corrected chi connectivity index (χ1v) is 8.25. The molecule has 0 aliphatic carbocycles. The molecule has 7 nitrogen and oxygen atoms in total. The van der Waals surface area contributed by atoms with E-state index in [2.05, 4.69) is 17.7 Å². The Labute approximate surface area is 125 Å². The van der Waals surface area contributed by atoms with Crippen LogP contribution in [0.5, 0.6) is 0 Å². The van der Waals surface area contributed by atoms with Crippen LogP contribution in [0, 0.1) is 4.91 Å². The molecule has 1 atom stereocenters. The number of hydrogen-bond donors (Lipinski definition) is 1. The molecule has 0 aliphatic heterocycles. The molecule has 0 aromatic rings. The van der Waals surface area contributed by atoms with Crippen molar-refractivity contribution in [2.45, 2.75) is 32.6 Å². The van der Waals surface area contributed by atoms with Crippen LogP contribution in [0.1, 0.15) is 32.6 Å². The van der Waals surface area contributed by atoms with Gasteiger partial charge in [-0.2, -0.15) is 0 Å². The standard InChI is InChI=1S/C13H23N2O5P/c1-4-9-15(13(16)12(2)3)10-7-5-6-8-11-20-21(18,19)14-17/h4H,1-2,5-11H2,3H3,(H,18,19). The lowest BCUT2D eigenvalue weighted by Crippen LogP contribution is -2.32. The minimum Gasteiger partial charge on any atom is -0.335 e. The van der Waals surface area contributed by atoms with E-state index in [0.29, 0.717) is 25.1 Å². The Morgan fingerprint density at radius 1 is 1.38 bits per heavy atom. The summed E-state index contributed by atoms with van der Waals surface area (Å²) in [6.45, 7) is 10.0. The summed E-state index contributed by atoms with van der Waals surface area (Å²) in [7, 11) is -4.28. The van der Waals surface area contributed by atoms with Gasteiger partial charge in [-0.3, -0.25) is 9.32 Å². The van der Waals surface area contributed by atoms with E-state index in [1.807, 2.05) is 4.95 Å². The SMILES string of the molecule is C=CCN(CCCCCCOP(=O)(O)N=O)C(=O)C(=C)C. The first-order chi connectivity index (χ1) is 9.84. The van der Waals surface area contributed by atoms with Crippen molar-refractivity contribution in [3.63, 3.8) is 0 Å². The molecule has 0 aromatic heterocycles. The third-order valence-corrected chi connectivity index (χ3v) is 3.41. The van der Waals surface area contributed by atoms with Crippen LogP contribution < -0.4 is 0 Å². The maximum Gasteiger partial charge on any atom is 0.487 e. The van der Waals surface area contributed by atoms with Gasteiger partial charge < -0.3 is 9.79 Å². The van der Waals surface area contributed by atoms with Gasteiger partial charge in [0.1, 0.15) is 0 Å². The van der Waals surface area contributed by atoms with Crippen molar-refractivity contribution in [3.8, 4) is 0 Å². The Morgan fingerprint density at radius 3 is 2.52 bits per heavy atom. The number of carbonyl (C=O) groups excluding carboxylic acids is 1. The van der Waals surface area contributed by atoms with Crippen molar-refractivity contribution < 1.29 is 18.8 Å². The third-order valence-electron chi connectivity index (χ3n) is 2.69. The van der Waals surface area contributed by atoms with Crippen LogP contribution in [-0.4, -0.2) is 35.4 Å². The van der Waals surface area contributed by atoms with Gasteiger partial charge in [0, 0.05) is 23.6 Å². The van der Waals surface area contributed by atoms with Crippen molar-refractivity contribution in [2.75, 3.05) is 19.7 Å². The molecule has 120 valence electrons. The van der Waals surface area contributed by atoms with Crippen molar-refractivity contribution in [1.82, 2.24) is 4.90 Å². The Balaban J connectivity index is 3.84. The summed E-state index contributed by atoms with van der Waals surface area (Å²) in [5.74, 6) is -0.0866. The van der Waals surface area contributed by atoms with Gasteiger partial charge in [0.2, 0.25) is 5.91 Å². The van der Waals surface area contributed by atoms with E-state index < -0.39 is 7.75 Å². The van der Waals surface area contributed by atoms with Gasteiger partial charge >= 0.3 is 7.75 Å². The highest BCUT2D eigenvalue weighted by molar-refractivity contribution is 7.51. The summed E-state index contributed by atoms with van der Waals surface area (Å²) >= 11 is 0. The molecule has 8 heteroatoms. The highest BCUT2D eigenvalue weighted by Crippen LogP contribution is 2.42. The van der Waals surface area contributed by atoms with Gasteiger partial charge in [-0.05, 0) is 19.8 Å². The molecular formula is C13H23N2O5P. The molecule has 21 heavy (non-hydrogen) atoms. The van der Waals surface area contributed by atoms with Crippen molar-refractivity contribution in [1.29, 1.82) is 0 Å². The first-order valence-electron chi connectivity index (χ1n) is 6.72. The summed E-state index contributed by atoms with van der Waals surface area (Å²) in [4.78, 5) is 34.2. The fraction of sp³-hybridized carbons (Fsp3) is 0.615. The van der Waals surface area contributed by atoms with Gasteiger partial charge in [0.05, 0.1) is 6.61 Å². The maximum absolute atomic E-state index is 11.8. The van der Waals surface area contributed by atoms with Crippen LogP contribution in [0.3, 0.4) is 0 Å². The quantitative estimate of drug-likeness (QED) is 0.196. The summed E-state index contributed by atoms with van der Waals surface area (Å²) in [5.41, 5.74) is 0.491. The third kappa shape index (κ3) is 9.28. The Kier molecular flexibility index (Phi) is 9.78. The van der Waals surface area contributed by atoms with E-state index in [9.17, 15) is 14.3 Å². The van der Waals surface area contributed by atoms with Crippen LogP contribution >= 0.6 is 7.75 Å². The summed E-state index contributed by atoms with van der Waals surface area (Å²) in [6.07, 6.45) is 4.62. The lowest BCUT2D eigenvalue weighted by molar-refractivity contribution is -0.126. The zero-order valence-electron chi connectivity index (χ0n) is 12.4. The second kappa shape index (κ2) is 10.4. The second-order valence-electron chi connectivity index (χ2n) is 4.64. The molecule has 1 unspecified atom stereocenters. The normalized spacial score (nSPS) is 13.2. The van der Waals surface area contributed by atoms with Gasteiger partial charge in [-0.1, -0.05) is 25.5 Å². The number of nitrogens with zero attached hydrogens (tertiary/aromatic N) is 2. The molecule has 0 saturated heterocycles. The van der Waals surface area contributed by atoms with Crippen molar-refractivity contribution in [2.24, 2.45) is 4.95 Å². The zero-order chi connectivity index (χ0) is 16.3. The number of rotatable bonds is 12. The van der Waals surface area contributed by atoms with Crippen molar-refractivity contribution >= 4 is 13.7 Å². The van der Waals surface area contributed by atoms with E-state index in [0.717, 1.165) is 19.3 Å². The summed E-state index contributed by atoms with van der Waals surface area (Å²) in [6, 6.07) is 0. The van der Waals surface area contributed by atoms with Crippen molar-refractivity contribution in [3.05, 3.63) is 29.7 Å². The molecule has 0 rings (SSSR count). The molecule has 0 spiro atoms. The number of unbranched alkanes of at least 4 members (excludes halogenated alkanes) is 3. The summed E-state index contributed by atoms with van der Waals surface area (Å²) in [5, 5.41) is 0. The van der Waals surface area contributed by atoms with Gasteiger partial charge in [-0.15, -0.1) is 11.5 Å². The average molecular weight is 318 g/mol. The first kappa shape index (κ1) is 19.7. The smallest absolute Gasteiger partial charge is 0.335 e. The largest absolute Gasteiger partial charge is 0.487 e. The van der Waals surface area contributed by atoms with Gasteiger partial charge in [-0.25, -0.2) is 4.57 Å². The zero-order valence-corrected chi connectivity index (χ0v) is 13.3. The Morgan fingerprint density at radius 2 is 2.00 bits per heavy atom. The Hall–Kier alpha value is -1.30. The molecule has 1 N–H and O–H groups in total. The summed E-state index contributed by atoms with van der Waals surface area (Å²) < 4.78 is 15.2. The fourth-order valence-corrected chi connectivity index (χ4v) is 2.08. The second-order valence-corrected chi connectivity index (χ2v) is 6.04. The van der Waals surface area contributed by atoms with E-state index >= 15 is 0 Å². The van der Waals surface area contributed by atoms with Crippen LogP contribution in [0.2, 0.25) is 0 Å². The lowest BCUT2D eigenvalue weighted by atomic mass is 10.2. The molecule has 1 amide bonds. The minimum absolute atomic E-state index is 0.0145. The highest BCUT2D eigenvalue weighted by atomic mass is 31.2. The molecule has 0 saturated carbocycles. The monoisotopic (exact) mass is 318 g/mol. The maximum atomic E-state index is 11.8. The van der Waals surface area contributed by atoms with Gasteiger partial charge in [0.25, 0.3) is 0 Å². The molecule has 0 aliphatic rings. The number of hydrogen-bond acceptors (Lipinski definition) is 4. The molecule has 0 aromatic carbocycles. The number of amides is 1. The Bertz CT molecular complexity index is 425. The average Bonchev–Trinajstić information content (AvgIpc) is 2.44. The molecule has 0 radical (unpaired) electrons. The molecule has 0 bridgehead atoms. The predicted octanol–water partition coefficient (Wildman–Crippen LogP) is 3.02. The minimum atomic E-state index is -4.28. The van der Waals surface area contributed by atoms with E-state index in [1.165, 1.54) is 0 Å². The van der Waals surface area contributed by atoms with Crippen LogP contribution in [0.4, 0.5) is 0 Å². The van der Waals surface area contributed by atoms with E-state index in [1.54, 1.807) is 17.9 Å². The van der Waals surface area contributed by atoms with Crippen LogP contribution in [0.15, 0.2) is 29.8 Å². The van der Waals surface area contributed by atoms with Crippen LogP contribution in [0.25, 0.3) is 0 Å². The fourth-order valence-electron chi connectivity index (χ4n) is 1.67. The number of carbonyl (C=O) groups is 1. The molecule has 0 heterocycles. The predicted molar refractivity (Wildman–Crippen MR) is 81.6 cm³/mol.